The van der Waals surface area contributed by atoms with Crippen LogP contribution in [-0.4, -0.2) is 40.6 Å². The Labute approximate surface area is 115 Å². The molecule has 3 aliphatic heterocycles. The Morgan fingerprint density at radius 2 is 2.21 bits per heavy atom. The van der Waals surface area contributed by atoms with E-state index in [1.165, 1.54) is 4.90 Å². The number of carbonyl (C=O) groups excluding carboxylic acids is 1. The molecule has 0 aliphatic carbocycles. The van der Waals surface area contributed by atoms with Gasteiger partial charge in [-0.25, -0.2) is 0 Å². The van der Waals surface area contributed by atoms with Crippen LogP contribution in [0.1, 0.15) is 12.8 Å². The summed E-state index contributed by atoms with van der Waals surface area (Å²) in [7, 11) is 0. The second-order valence-electron chi connectivity index (χ2n) is 4.81. The predicted molar refractivity (Wildman–Crippen MR) is 69.0 cm³/mol. The van der Waals surface area contributed by atoms with E-state index in [9.17, 15) is 9.90 Å². The van der Waals surface area contributed by atoms with Crippen molar-refractivity contribution in [2.75, 3.05) is 13.1 Å². The third-order valence-electron chi connectivity index (χ3n) is 3.70. The Hall–Kier alpha value is -1.66. The van der Waals surface area contributed by atoms with E-state index in [4.69, 9.17) is 11.8 Å². The lowest BCUT2D eigenvalue weighted by molar-refractivity contribution is -0.592. The predicted octanol–water partition coefficient (Wildman–Crippen LogP) is 0.821. The van der Waals surface area contributed by atoms with Gasteiger partial charge in [-0.2, -0.15) is 4.99 Å². The topological polar surface area (TPSA) is 68.1 Å². The molecule has 6 nitrogen and oxygen atoms in total. The summed E-state index contributed by atoms with van der Waals surface area (Å²) in [5, 5.41) is 10.8. The lowest BCUT2D eigenvalue weighted by Crippen LogP contribution is -2.45. The number of nitrogens with zero attached hydrogens (tertiary/aromatic N) is 4. The summed E-state index contributed by atoms with van der Waals surface area (Å²) in [5.74, 6) is 0.221. The molecule has 3 heterocycles. The van der Waals surface area contributed by atoms with Crippen molar-refractivity contribution >= 4 is 30.4 Å². The highest BCUT2D eigenvalue weighted by Crippen LogP contribution is 2.37. The average molecular weight is 281 g/mol. The molecule has 7 heteroatoms. The van der Waals surface area contributed by atoms with Gasteiger partial charge in [-0.1, -0.05) is 0 Å². The summed E-state index contributed by atoms with van der Waals surface area (Å²) in [4.78, 5) is 20.6. The van der Waals surface area contributed by atoms with Gasteiger partial charge >= 0.3 is 0 Å². The van der Waals surface area contributed by atoms with E-state index in [1.54, 1.807) is 25.0 Å². The average Bonchev–Trinajstić information content (AvgIpc) is 2.76. The molecular weight excluding hydrogens is 268 g/mol. The number of fused-ring (bicyclic) bond motifs is 1. The summed E-state index contributed by atoms with van der Waals surface area (Å²) < 4.78 is 0.0273. The molecule has 0 bridgehead atoms. The molecule has 3 aliphatic rings. The Balaban J connectivity index is 1.80. The number of likely N-dealkylation sites (tertiary alicyclic amines) is 1. The SMILES string of the molecule is O=C([O-])N1CCC(C2=C3C=NC=C[N+]3(Cl)C=N2)CC1. The summed E-state index contributed by atoms with van der Waals surface area (Å²) in [5.41, 5.74) is 1.78. The van der Waals surface area contributed by atoms with Crippen LogP contribution in [-0.2, 0) is 0 Å². The van der Waals surface area contributed by atoms with Gasteiger partial charge in [0.05, 0.1) is 12.4 Å². The van der Waals surface area contributed by atoms with Gasteiger partial charge in [0, 0.05) is 19.0 Å². The quantitative estimate of drug-likeness (QED) is 0.668. The van der Waals surface area contributed by atoms with Crippen molar-refractivity contribution in [2.24, 2.45) is 15.9 Å². The Bertz CT molecular complexity index is 532. The summed E-state index contributed by atoms with van der Waals surface area (Å²) in [6, 6.07) is 0. The number of quaternary nitrogens is 1. The van der Waals surface area contributed by atoms with Crippen molar-refractivity contribution in [1.82, 2.24) is 4.90 Å². The molecular formula is C12H13ClN4O2. The van der Waals surface area contributed by atoms with Gasteiger partial charge in [0.25, 0.3) is 0 Å². The van der Waals surface area contributed by atoms with Gasteiger partial charge in [-0.3, -0.25) is 4.99 Å². The first-order valence-electron chi connectivity index (χ1n) is 6.15. The maximum atomic E-state index is 10.8. The normalized spacial score (nSPS) is 30.1. The van der Waals surface area contributed by atoms with E-state index < -0.39 is 6.09 Å². The number of carboxylic acid groups (broad SMARTS) is 1. The van der Waals surface area contributed by atoms with Crippen molar-refractivity contribution in [1.29, 1.82) is 0 Å². The first-order valence-corrected chi connectivity index (χ1v) is 6.49. The number of halogens is 1. The number of rotatable bonds is 1. The summed E-state index contributed by atoms with van der Waals surface area (Å²) in [6.07, 6.45) is 7.15. The number of hydrogen-bond donors (Lipinski definition) is 0. The summed E-state index contributed by atoms with van der Waals surface area (Å²) >= 11 is 6.40. The number of hydrogen-bond acceptors (Lipinski definition) is 4. The van der Waals surface area contributed by atoms with Crippen molar-refractivity contribution in [3.63, 3.8) is 0 Å². The number of allylic oxidation sites excluding steroid dienone is 2. The van der Waals surface area contributed by atoms with Crippen LogP contribution in [0.2, 0.25) is 0 Å². The number of aliphatic imine (C=N–C) groups is 2. The minimum Gasteiger partial charge on any atom is -0.530 e. The molecule has 0 radical (unpaired) electrons. The van der Waals surface area contributed by atoms with Crippen LogP contribution < -0.4 is 5.11 Å². The minimum absolute atomic E-state index is 0.0273. The van der Waals surface area contributed by atoms with Crippen LogP contribution >= 0.6 is 11.8 Å². The molecule has 1 saturated heterocycles. The van der Waals surface area contributed by atoms with Gasteiger partial charge in [0.1, 0.15) is 18.0 Å². The lowest BCUT2D eigenvalue weighted by atomic mass is 9.92. The second kappa shape index (κ2) is 4.47. The molecule has 0 aromatic carbocycles. The zero-order chi connectivity index (χ0) is 13.5. The zero-order valence-corrected chi connectivity index (χ0v) is 11.0. The van der Waals surface area contributed by atoms with Crippen molar-refractivity contribution in [3.8, 4) is 0 Å². The number of piperidine rings is 1. The van der Waals surface area contributed by atoms with Crippen LogP contribution in [0.4, 0.5) is 4.79 Å². The van der Waals surface area contributed by atoms with Gasteiger partial charge in [-0.05, 0) is 12.8 Å². The smallest absolute Gasteiger partial charge is 0.218 e. The molecule has 1 amide bonds. The lowest BCUT2D eigenvalue weighted by Gasteiger charge is -2.33. The fourth-order valence-electron chi connectivity index (χ4n) is 2.62. The first kappa shape index (κ1) is 12.4. The number of carbonyl (C=O) groups is 1. The Kier molecular flexibility index (Phi) is 2.91. The zero-order valence-electron chi connectivity index (χ0n) is 10.2. The maximum absolute atomic E-state index is 10.8. The minimum atomic E-state index is -1.10. The van der Waals surface area contributed by atoms with Gasteiger partial charge in [0.15, 0.2) is 11.8 Å². The largest absolute Gasteiger partial charge is 0.530 e. The molecule has 1 unspecified atom stereocenters. The maximum Gasteiger partial charge on any atom is 0.218 e. The van der Waals surface area contributed by atoms with E-state index in [0.29, 0.717) is 13.1 Å². The standard InChI is InChI=1S/C12H13ClN4O2/c13-17-6-3-14-7-10(17)11(15-8-17)9-1-4-16(5-2-9)12(18)19/h3,6-9H,1-2,4-5H2. The second-order valence-corrected chi connectivity index (χ2v) is 5.36. The van der Waals surface area contributed by atoms with Gasteiger partial charge < -0.3 is 14.8 Å². The number of amides is 1. The Morgan fingerprint density at radius 1 is 1.47 bits per heavy atom. The van der Waals surface area contributed by atoms with Crippen LogP contribution in [0.25, 0.3) is 0 Å². The van der Waals surface area contributed by atoms with Crippen LogP contribution in [0.3, 0.4) is 0 Å². The van der Waals surface area contributed by atoms with Crippen molar-refractivity contribution in [3.05, 3.63) is 23.8 Å². The third kappa shape index (κ3) is 2.06. The van der Waals surface area contributed by atoms with Crippen molar-refractivity contribution < 1.29 is 13.9 Å². The third-order valence-corrected chi connectivity index (χ3v) is 4.08. The molecule has 100 valence electrons. The highest BCUT2D eigenvalue weighted by Gasteiger charge is 2.40. The molecule has 0 aromatic heterocycles. The molecule has 0 saturated carbocycles. The van der Waals surface area contributed by atoms with E-state index in [2.05, 4.69) is 9.98 Å². The molecule has 3 rings (SSSR count). The molecule has 0 spiro atoms. The highest BCUT2D eigenvalue weighted by molar-refractivity contribution is 6.14. The fourth-order valence-corrected chi connectivity index (χ4v) is 2.85. The van der Waals surface area contributed by atoms with E-state index >= 15 is 0 Å². The van der Waals surface area contributed by atoms with E-state index in [-0.39, 0.29) is 9.92 Å². The van der Waals surface area contributed by atoms with Gasteiger partial charge in [-0.15, -0.1) is 4.00 Å². The highest BCUT2D eigenvalue weighted by atomic mass is 35.5. The fraction of sp³-hybridized carbons (Fsp3) is 0.417. The monoisotopic (exact) mass is 280 g/mol. The molecule has 1 fully saturated rings. The van der Waals surface area contributed by atoms with Crippen LogP contribution in [0, 0.1) is 5.92 Å². The summed E-state index contributed by atoms with van der Waals surface area (Å²) in [6.45, 7) is 0.961. The van der Waals surface area contributed by atoms with Crippen LogP contribution in [0.15, 0.2) is 33.8 Å². The Morgan fingerprint density at radius 3 is 2.89 bits per heavy atom. The molecule has 1 atom stereocenters. The molecule has 0 aromatic rings. The van der Waals surface area contributed by atoms with E-state index in [0.717, 1.165) is 24.2 Å². The van der Waals surface area contributed by atoms with Crippen LogP contribution in [0.5, 0.6) is 0 Å². The van der Waals surface area contributed by atoms with Crippen molar-refractivity contribution in [2.45, 2.75) is 12.8 Å². The molecule has 0 N–H and O–H groups in total. The first-order chi connectivity index (χ1) is 9.10. The molecule has 19 heavy (non-hydrogen) atoms. The van der Waals surface area contributed by atoms with E-state index in [1.807, 2.05) is 0 Å². The van der Waals surface area contributed by atoms with Gasteiger partial charge in [0.2, 0.25) is 12.0 Å².